The van der Waals surface area contributed by atoms with Gasteiger partial charge in [-0.3, -0.25) is 14.2 Å². The Hall–Kier alpha value is -0.990. The summed E-state index contributed by atoms with van der Waals surface area (Å²) in [5.41, 5.74) is 0. The molecule has 2 atom stereocenters. The molecular weight excluding hydrogens is 774 g/mol. The lowest BCUT2D eigenvalue weighted by Gasteiger charge is -2.28. The van der Waals surface area contributed by atoms with E-state index < -0.39 is 26.5 Å². The van der Waals surface area contributed by atoms with Gasteiger partial charge in [0.15, 0.2) is 6.10 Å². The van der Waals surface area contributed by atoms with Crippen molar-refractivity contribution < 1.29 is 42.1 Å². The zero-order valence-electron chi connectivity index (χ0n) is 40.4. The molecule has 0 spiro atoms. The molecule has 0 fully saturated rings. The molecule has 0 aliphatic rings. The first-order chi connectivity index (χ1) is 29.0. The van der Waals surface area contributed by atoms with Crippen LogP contribution in [-0.4, -0.2) is 70.0 Å². The van der Waals surface area contributed by atoms with Crippen molar-refractivity contribution in [2.24, 2.45) is 0 Å². The lowest BCUT2D eigenvalue weighted by atomic mass is 10.0. The van der Waals surface area contributed by atoms with Gasteiger partial charge in [-0.25, -0.2) is 0 Å². The van der Waals surface area contributed by atoms with Crippen LogP contribution in [0.2, 0.25) is 0 Å². The molecule has 60 heavy (non-hydrogen) atoms. The van der Waals surface area contributed by atoms with Crippen molar-refractivity contribution in [2.75, 3.05) is 47.5 Å². The minimum atomic E-state index is -4.62. The maximum Gasteiger partial charge on any atom is 0.306 e. The Bertz CT molecular complexity index is 990. The fourth-order valence-electron chi connectivity index (χ4n) is 7.60. The fraction of sp³-hybridized carbons (Fsp3) is 0.960. The Morgan fingerprint density at radius 1 is 0.450 bits per heavy atom. The highest BCUT2D eigenvalue weighted by molar-refractivity contribution is 7.45. The number of likely N-dealkylation sites (N-methyl/N-ethyl adjacent to an activating group) is 1. The summed E-state index contributed by atoms with van der Waals surface area (Å²) in [7, 11) is 1.19. The highest BCUT2D eigenvalue weighted by Crippen LogP contribution is 2.38. The van der Waals surface area contributed by atoms with Crippen LogP contribution in [0.25, 0.3) is 0 Å². The van der Waals surface area contributed by atoms with Crippen LogP contribution >= 0.6 is 7.82 Å². The first-order valence-electron chi connectivity index (χ1n) is 25.7. The quantitative estimate of drug-likeness (QED) is 0.0257. The molecule has 2 unspecified atom stereocenters. The molecule has 0 saturated heterocycles. The van der Waals surface area contributed by atoms with Gasteiger partial charge in [0.05, 0.1) is 27.7 Å². The van der Waals surface area contributed by atoms with Gasteiger partial charge >= 0.3 is 11.9 Å². The van der Waals surface area contributed by atoms with Gasteiger partial charge in [-0.05, 0) is 12.8 Å². The number of hydrogen-bond donors (Lipinski definition) is 0. The Kier molecular flexibility index (Phi) is 42.6. The maximum absolute atomic E-state index is 12.7. The number of rotatable bonds is 48. The van der Waals surface area contributed by atoms with E-state index in [4.69, 9.17) is 18.5 Å². The molecular formula is C50H100NO8P. The first kappa shape index (κ1) is 59.0. The van der Waals surface area contributed by atoms with E-state index in [1.54, 1.807) is 0 Å². The van der Waals surface area contributed by atoms with Crippen LogP contribution in [0.4, 0.5) is 0 Å². The average molecular weight is 874 g/mol. The Morgan fingerprint density at radius 3 is 1.07 bits per heavy atom. The van der Waals surface area contributed by atoms with Crippen LogP contribution in [0.5, 0.6) is 0 Å². The third-order valence-electron chi connectivity index (χ3n) is 11.6. The molecule has 0 aliphatic heterocycles. The zero-order chi connectivity index (χ0) is 44.3. The van der Waals surface area contributed by atoms with Gasteiger partial charge < -0.3 is 27.9 Å². The molecule has 358 valence electrons. The second kappa shape index (κ2) is 43.3. The molecule has 0 rings (SSSR count). The summed E-state index contributed by atoms with van der Waals surface area (Å²) in [6.45, 7) is 4.29. The van der Waals surface area contributed by atoms with Crippen molar-refractivity contribution in [3.05, 3.63) is 0 Å². The number of carbonyl (C=O) groups excluding carboxylic acids is 2. The highest BCUT2D eigenvalue weighted by Gasteiger charge is 2.21. The van der Waals surface area contributed by atoms with E-state index in [-0.39, 0.29) is 32.0 Å². The number of carbonyl (C=O) groups is 2. The van der Waals surface area contributed by atoms with Crippen LogP contribution in [0.15, 0.2) is 0 Å². The molecule has 0 heterocycles. The van der Waals surface area contributed by atoms with Crippen molar-refractivity contribution in [3.8, 4) is 0 Å². The van der Waals surface area contributed by atoms with Crippen LogP contribution in [0.1, 0.15) is 258 Å². The van der Waals surface area contributed by atoms with E-state index in [1.165, 1.54) is 193 Å². The lowest BCUT2D eigenvalue weighted by Crippen LogP contribution is -2.37. The average Bonchev–Trinajstić information content (AvgIpc) is 3.20. The van der Waals surface area contributed by atoms with E-state index in [1.807, 2.05) is 21.1 Å². The predicted octanol–water partition coefficient (Wildman–Crippen LogP) is 14.5. The third-order valence-corrected chi connectivity index (χ3v) is 12.6. The SMILES string of the molecule is CCCCCCCCCCCCCCCCCCCCC(=O)OCC(COP(=O)([O-])OCC[N+](C)(C)C)OC(=O)CCCCCCCCCCCCCCCCCCCC. The van der Waals surface area contributed by atoms with Gasteiger partial charge in [0.1, 0.15) is 19.8 Å². The number of phosphoric acid groups is 1. The topological polar surface area (TPSA) is 111 Å². The summed E-state index contributed by atoms with van der Waals surface area (Å²) in [4.78, 5) is 37.7. The van der Waals surface area contributed by atoms with Crippen LogP contribution in [0.3, 0.4) is 0 Å². The van der Waals surface area contributed by atoms with E-state index >= 15 is 0 Å². The summed E-state index contributed by atoms with van der Waals surface area (Å²) in [6.07, 6.45) is 45.5. The smallest absolute Gasteiger partial charge is 0.306 e. The van der Waals surface area contributed by atoms with E-state index in [9.17, 15) is 19.0 Å². The van der Waals surface area contributed by atoms with Gasteiger partial charge in [-0.15, -0.1) is 0 Å². The molecule has 0 aromatic rings. The van der Waals surface area contributed by atoms with Crippen molar-refractivity contribution in [3.63, 3.8) is 0 Å². The summed E-state index contributed by atoms with van der Waals surface area (Å²) in [6, 6.07) is 0. The highest BCUT2D eigenvalue weighted by atomic mass is 31.2. The summed E-state index contributed by atoms with van der Waals surface area (Å²) in [5, 5.41) is 0. The molecule has 0 bridgehead atoms. The van der Waals surface area contributed by atoms with E-state index in [0.717, 1.165) is 32.1 Å². The van der Waals surface area contributed by atoms with Crippen molar-refractivity contribution in [2.45, 2.75) is 264 Å². The number of esters is 2. The number of ether oxygens (including phenoxy) is 2. The van der Waals surface area contributed by atoms with Crippen molar-refractivity contribution in [1.29, 1.82) is 0 Å². The Labute approximate surface area is 372 Å². The van der Waals surface area contributed by atoms with E-state index in [2.05, 4.69) is 13.8 Å². The van der Waals surface area contributed by atoms with Crippen LogP contribution in [-0.2, 0) is 32.7 Å². The maximum atomic E-state index is 12.7. The van der Waals surface area contributed by atoms with Gasteiger partial charge in [0.25, 0.3) is 7.82 Å². The normalized spacial score (nSPS) is 13.4. The number of unbranched alkanes of at least 4 members (excludes halogenated alkanes) is 34. The summed E-state index contributed by atoms with van der Waals surface area (Å²) in [5.74, 6) is -0.813. The Balaban J connectivity index is 4.20. The van der Waals surface area contributed by atoms with Gasteiger partial charge in [-0.1, -0.05) is 232 Å². The van der Waals surface area contributed by atoms with Gasteiger partial charge in [0.2, 0.25) is 0 Å². The molecule has 0 saturated carbocycles. The fourth-order valence-corrected chi connectivity index (χ4v) is 8.33. The standard InChI is InChI=1S/C50H100NO8P/c1-6-8-10-12-14-16-18-20-22-24-26-28-30-32-34-36-38-40-42-49(52)56-46-48(47-58-60(54,55)57-45-44-51(3,4)5)59-50(53)43-41-39-37-35-33-31-29-27-25-23-21-19-17-15-13-11-9-7-2/h48H,6-47H2,1-5H3. The summed E-state index contributed by atoms with van der Waals surface area (Å²) < 4.78 is 34.1. The lowest BCUT2D eigenvalue weighted by molar-refractivity contribution is -0.870. The number of phosphoric ester groups is 1. The molecule has 0 amide bonds. The van der Waals surface area contributed by atoms with Crippen LogP contribution in [0, 0.1) is 0 Å². The zero-order valence-corrected chi connectivity index (χ0v) is 41.3. The van der Waals surface area contributed by atoms with E-state index in [0.29, 0.717) is 17.4 Å². The molecule has 0 N–H and O–H groups in total. The first-order valence-corrected chi connectivity index (χ1v) is 27.2. The third kappa shape index (κ3) is 46.5. The molecule has 9 nitrogen and oxygen atoms in total. The molecule has 0 aromatic carbocycles. The molecule has 0 aliphatic carbocycles. The Morgan fingerprint density at radius 2 is 0.750 bits per heavy atom. The second-order valence-electron chi connectivity index (χ2n) is 18.9. The second-order valence-corrected chi connectivity index (χ2v) is 20.3. The molecule has 10 heteroatoms. The number of nitrogens with zero attached hydrogens (tertiary/aromatic N) is 1. The van der Waals surface area contributed by atoms with Crippen LogP contribution < -0.4 is 4.89 Å². The van der Waals surface area contributed by atoms with Crippen molar-refractivity contribution >= 4 is 19.8 Å². The minimum absolute atomic E-state index is 0.0253. The molecule has 0 aromatic heterocycles. The predicted molar refractivity (Wildman–Crippen MR) is 250 cm³/mol. The minimum Gasteiger partial charge on any atom is -0.756 e. The monoisotopic (exact) mass is 874 g/mol. The number of quaternary nitrogens is 1. The van der Waals surface area contributed by atoms with Gasteiger partial charge in [0, 0.05) is 12.8 Å². The molecule has 0 radical (unpaired) electrons. The summed E-state index contributed by atoms with van der Waals surface area (Å²) >= 11 is 0. The van der Waals surface area contributed by atoms with Crippen molar-refractivity contribution in [1.82, 2.24) is 0 Å². The largest absolute Gasteiger partial charge is 0.756 e. The number of hydrogen-bond acceptors (Lipinski definition) is 8. The van der Waals surface area contributed by atoms with Gasteiger partial charge in [-0.2, -0.15) is 0 Å².